The van der Waals surface area contributed by atoms with Crippen molar-refractivity contribution in [3.05, 3.63) is 35.0 Å². The molecule has 2 amide bonds. The van der Waals surface area contributed by atoms with E-state index in [4.69, 9.17) is 9.26 Å². The molecule has 0 unspecified atom stereocenters. The van der Waals surface area contributed by atoms with E-state index >= 15 is 0 Å². The summed E-state index contributed by atoms with van der Waals surface area (Å²) in [6.07, 6.45) is 0.644. The zero-order valence-electron chi connectivity index (χ0n) is 14.4. The first kappa shape index (κ1) is 17.0. The van der Waals surface area contributed by atoms with Crippen molar-refractivity contribution in [1.82, 2.24) is 20.4 Å². The molecule has 0 atom stereocenters. The molecule has 25 heavy (non-hydrogen) atoms. The fourth-order valence-electron chi connectivity index (χ4n) is 2.65. The Labute approximate surface area is 144 Å². The summed E-state index contributed by atoms with van der Waals surface area (Å²) in [5.41, 5.74) is 1.78. The summed E-state index contributed by atoms with van der Waals surface area (Å²) in [5.74, 6) is 0.570. The second-order valence-corrected chi connectivity index (χ2v) is 5.97. The van der Waals surface area contributed by atoms with Gasteiger partial charge in [0.15, 0.2) is 11.6 Å². The highest BCUT2D eigenvalue weighted by atomic mass is 19.1. The van der Waals surface area contributed by atoms with Crippen molar-refractivity contribution in [2.75, 3.05) is 32.6 Å². The van der Waals surface area contributed by atoms with Gasteiger partial charge >= 0.3 is 6.03 Å². The Bertz CT molecular complexity index is 777. The zero-order valence-corrected chi connectivity index (χ0v) is 14.4. The molecule has 2 aromatic rings. The molecule has 0 saturated carbocycles. The van der Waals surface area contributed by atoms with Crippen LogP contribution in [0.25, 0.3) is 0 Å². The number of hydrogen-bond donors (Lipinski definition) is 1. The lowest BCUT2D eigenvalue weighted by atomic mass is 9.99. The number of fused-ring (bicyclic) bond motifs is 1. The third kappa shape index (κ3) is 3.65. The quantitative estimate of drug-likeness (QED) is 0.902. The molecule has 1 aromatic carbocycles. The number of urea groups is 1. The summed E-state index contributed by atoms with van der Waals surface area (Å²) in [6.45, 7) is 1.02. The summed E-state index contributed by atoms with van der Waals surface area (Å²) in [4.78, 5) is 19.8. The highest BCUT2D eigenvalue weighted by Crippen LogP contribution is 2.26. The first-order valence-corrected chi connectivity index (χ1v) is 7.86. The third-order valence-electron chi connectivity index (χ3n) is 4.02. The lowest BCUT2D eigenvalue weighted by Crippen LogP contribution is -2.42. The van der Waals surface area contributed by atoms with Gasteiger partial charge in [0.25, 0.3) is 5.95 Å². The summed E-state index contributed by atoms with van der Waals surface area (Å²) in [5, 5.41) is 6.53. The average molecular weight is 349 g/mol. The summed E-state index contributed by atoms with van der Waals surface area (Å²) >= 11 is 0. The molecule has 1 aliphatic heterocycles. The number of halogens is 1. The molecule has 9 heteroatoms. The molecule has 1 aliphatic rings. The van der Waals surface area contributed by atoms with Gasteiger partial charge in [-0.2, -0.15) is 4.98 Å². The van der Waals surface area contributed by atoms with Gasteiger partial charge in [0, 0.05) is 27.2 Å². The summed E-state index contributed by atoms with van der Waals surface area (Å²) in [6, 6.07) is 2.86. The fourth-order valence-corrected chi connectivity index (χ4v) is 2.65. The van der Waals surface area contributed by atoms with Crippen molar-refractivity contribution in [3.63, 3.8) is 0 Å². The molecule has 1 N–H and O–H groups in total. The lowest BCUT2D eigenvalue weighted by molar-refractivity contribution is 0.190. The van der Waals surface area contributed by atoms with Crippen LogP contribution in [-0.4, -0.2) is 48.8 Å². The van der Waals surface area contributed by atoms with Crippen LogP contribution in [-0.2, 0) is 19.5 Å². The molecule has 0 radical (unpaired) electrons. The molecule has 0 bridgehead atoms. The monoisotopic (exact) mass is 349 g/mol. The van der Waals surface area contributed by atoms with Crippen LogP contribution in [0, 0.1) is 5.82 Å². The fraction of sp³-hybridized carbons (Fsp3) is 0.438. The first-order chi connectivity index (χ1) is 12.0. The predicted octanol–water partition coefficient (Wildman–Crippen LogP) is 1.55. The van der Waals surface area contributed by atoms with Crippen molar-refractivity contribution in [1.29, 1.82) is 0 Å². The summed E-state index contributed by atoms with van der Waals surface area (Å²) < 4.78 is 23.9. The Kier molecular flexibility index (Phi) is 4.73. The maximum absolute atomic E-state index is 13.9. The molecule has 0 aliphatic carbocycles. The van der Waals surface area contributed by atoms with Gasteiger partial charge in [0.05, 0.1) is 13.7 Å². The van der Waals surface area contributed by atoms with E-state index in [2.05, 4.69) is 15.5 Å². The number of methoxy groups -OCH3 is 1. The van der Waals surface area contributed by atoms with Crippen LogP contribution in [0.2, 0.25) is 0 Å². The maximum Gasteiger partial charge on any atom is 0.318 e. The van der Waals surface area contributed by atoms with Crippen LogP contribution in [0.3, 0.4) is 0 Å². The molecular formula is C16H20FN5O3. The van der Waals surface area contributed by atoms with Crippen molar-refractivity contribution < 1.29 is 18.4 Å². The normalized spacial score (nSPS) is 13.4. The molecular weight excluding hydrogens is 329 g/mol. The van der Waals surface area contributed by atoms with Gasteiger partial charge in [-0.25, -0.2) is 9.18 Å². The largest absolute Gasteiger partial charge is 0.494 e. The van der Waals surface area contributed by atoms with E-state index in [1.54, 1.807) is 30.0 Å². The van der Waals surface area contributed by atoms with Gasteiger partial charge < -0.3 is 24.4 Å². The number of hydrogen-bond acceptors (Lipinski definition) is 6. The van der Waals surface area contributed by atoms with Crippen molar-refractivity contribution in [3.8, 4) is 5.75 Å². The van der Waals surface area contributed by atoms with Gasteiger partial charge in [-0.15, -0.1) is 0 Å². The van der Waals surface area contributed by atoms with Gasteiger partial charge in [0.2, 0.25) is 5.89 Å². The number of benzene rings is 1. The minimum absolute atomic E-state index is 0.139. The van der Waals surface area contributed by atoms with Gasteiger partial charge in [-0.3, -0.25) is 0 Å². The highest BCUT2D eigenvalue weighted by Gasteiger charge is 2.23. The second-order valence-electron chi connectivity index (χ2n) is 5.97. The van der Waals surface area contributed by atoms with E-state index in [1.165, 1.54) is 13.2 Å². The minimum atomic E-state index is -0.425. The lowest BCUT2D eigenvalue weighted by Gasteiger charge is -2.29. The van der Waals surface area contributed by atoms with Gasteiger partial charge in [-0.1, -0.05) is 0 Å². The number of nitrogens with one attached hydrogen (secondary N) is 1. The number of carbonyl (C=O) groups excluding carboxylic acids is 1. The molecule has 134 valence electrons. The van der Waals surface area contributed by atoms with Crippen LogP contribution >= 0.6 is 0 Å². The number of amides is 2. The third-order valence-corrected chi connectivity index (χ3v) is 4.02. The van der Waals surface area contributed by atoms with E-state index in [0.717, 1.165) is 11.1 Å². The number of aromatic nitrogens is 2. The Morgan fingerprint density at radius 2 is 2.24 bits per heavy atom. The van der Waals surface area contributed by atoms with E-state index in [9.17, 15) is 9.18 Å². The molecule has 8 nitrogen and oxygen atoms in total. The smallest absolute Gasteiger partial charge is 0.318 e. The van der Waals surface area contributed by atoms with Crippen LogP contribution in [0.15, 0.2) is 16.7 Å². The Balaban J connectivity index is 1.61. The number of rotatable bonds is 4. The number of nitrogens with zero attached hydrogens (tertiary/aromatic N) is 4. The van der Waals surface area contributed by atoms with Crippen LogP contribution in [0.4, 0.5) is 15.1 Å². The Hall–Kier alpha value is -2.84. The predicted molar refractivity (Wildman–Crippen MR) is 87.9 cm³/mol. The molecule has 1 aromatic heterocycles. The summed E-state index contributed by atoms with van der Waals surface area (Å²) in [7, 11) is 5.03. The topological polar surface area (TPSA) is 83.7 Å². The number of ether oxygens (including phenoxy) is 1. The second kappa shape index (κ2) is 6.96. The molecule has 0 fully saturated rings. The van der Waals surface area contributed by atoms with Crippen molar-refractivity contribution in [2.45, 2.75) is 19.5 Å². The van der Waals surface area contributed by atoms with Crippen LogP contribution in [0.5, 0.6) is 5.75 Å². The minimum Gasteiger partial charge on any atom is -0.494 e. The Morgan fingerprint density at radius 1 is 1.44 bits per heavy atom. The maximum atomic E-state index is 13.9. The van der Waals surface area contributed by atoms with Gasteiger partial charge in [0.1, 0.15) is 0 Å². The van der Waals surface area contributed by atoms with Crippen LogP contribution < -0.4 is 15.0 Å². The van der Waals surface area contributed by atoms with Gasteiger partial charge in [-0.05, 0) is 34.8 Å². The van der Waals surface area contributed by atoms with Crippen molar-refractivity contribution >= 4 is 12.0 Å². The Morgan fingerprint density at radius 3 is 2.92 bits per heavy atom. The average Bonchev–Trinajstić information content (AvgIpc) is 3.08. The van der Waals surface area contributed by atoms with E-state index < -0.39 is 5.82 Å². The molecule has 2 heterocycles. The van der Waals surface area contributed by atoms with Crippen LogP contribution in [0.1, 0.15) is 17.0 Å². The number of anilines is 1. The standard InChI is InChI=1S/C16H20FN5O3/c1-21(2)15-19-14(25-20-15)8-18-16(23)22-5-4-10-7-13(24-3)12(17)6-11(10)9-22/h6-7H,4-5,8-9H2,1-3H3,(H,18,23). The molecule has 0 spiro atoms. The van der Waals surface area contributed by atoms with E-state index in [1.807, 2.05) is 0 Å². The van der Waals surface area contributed by atoms with Crippen molar-refractivity contribution in [2.24, 2.45) is 0 Å². The SMILES string of the molecule is COc1cc2c(cc1F)CN(C(=O)NCc1nc(N(C)C)no1)CC2. The van der Waals surface area contributed by atoms with E-state index in [-0.39, 0.29) is 18.3 Å². The molecule has 0 saturated heterocycles. The first-order valence-electron chi connectivity index (χ1n) is 7.86. The van der Waals surface area contributed by atoms with E-state index in [0.29, 0.717) is 31.3 Å². The number of carbonyl (C=O) groups is 1. The molecule has 3 rings (SSSR count). The zero-order chi connectivity index (χ0) is 18.0. The highest BCUT2D eigenvalue weighted by molar-refractivity contribution is 5.74.